The molecule has 1 N–H and O–H groups in total. The Kier molecular flexibility index (Phi) is 5.19. The summed E-state index contributed by atoms with van der Waals surface area (Å²) in [6.07, 6.45) is 0. The van der Waals surface area contributed by atoms with E-state index in [0.717, 1.165) is 6.54 Å². The van der Waals surface area contributed by atoms with Crippen molar-refractivity contribution in [1.82, 2.24) is 5.32 Å². The third-order valence-corrected chi connectivity index (χ3v) is 4.74. The number of nitrogens with one attached hydrogen (secondary N) is 1. The molecule has 0 radical (unpaired) electrons. The molecule has 110 valence electrons. The summed E-state index contributed by atoms with van der Waals surface area (Å²) in [6.45, 7) is 10.5. The molecule has 0 aliphatic heterocycles. The van der Waals surface area contributed by atoms with Crippen molar-refractivity contribution in [3.05, 3.63) is 34.2 Å². The quantitative estimate of drug-likeness (QED) is 0.835. The van der Waals surface area contributed by atoms with Crippen molar-refractivity contribution >= 4 is 21.4 Å². The summed E-state index contributed by atoms with van der Waals surface area (Å²) in [5.74, 6) is 0.562. The summed E-state index contributed by atoms with van der Waals surface area (Å²) in [6, 6.07) is 7.35. The average molecular weight is 291 g/mol. The number of thiophene rings is 1. The first-order valence-corrected chi connectivity index (χ1v) is 8.11. The lowest BCUT2D eigenvalue weighted by Crippen LogP contribution is -2.21. The van der Waals surface area contributed by atoms with Crippen LogP contribution in [0.3, 0.4) is 0 Å². The van der Waals surface area contributed by atoms with E-state index in [-0.39, 0.29) is 0 Å². The van der Waals surface area contributed by atoms with Gasteiger partial charge in [0.2, 0.25) is 0 Å². The van der Waals surface area contributed by atoms with Gasteiger partial charge in [-0.05, 0) is 29.0 Å². The predicted molar refractivity (Wildman–Crippen MR) is 88.6 cm³/mol. The van der Waals surface area contributed by atoms with Crippen LogP contribution < -0.4 is 5.32 Å². The standard InChI is InChI=1S/C17H25NOS/c1-11(2)13-6-7-16-14(8-13)15(10-19-5)17(20-16)9-18-12(3)4/h6-8,11-12,18H,9-10H2,1-5H3. The highest BCUT2D eigenvalue weighted by molar-refractivity contribution is 7.19. The monoisotopic (exact) mass is 291 g/mol. The lowest BCUT2D eigenvalue weighted by atomic mass is 10.0. The van der Waals surface area contributed by atoms with Crippen molar-refractivity contribution in [3.63, 3.8) is 0 Å². The first-order chi connectivity index (χ1) is 9.52. The predicted octanol–water partition coefficient (Wildman–Crippen LogP) is 4.67. The molecular formula is C17H25NOS. The Morgan fingerprint density at radius 2 is 1.95 bits per heavy atom. The molecule has 0 unspecified atom stereocenters. The molecule has 0 aliphatic rings. The zero-order valence-corrected chi connectivity index (χ0v) is 13.9. The second-order valence-electron chi connectivity index (χ2n) is 5.88. The molecule has 0 aliphatic carbocycles. The van der Waals surface area contributed by atoms with Crippen molar-refractivity contribution < 1.29 is 4.74 Å². The molecule has 2 aromatic rings. The van der Waals surface area contributed by atoms with Gasteiger partial charge in [-0.15, -0.1) is 11.3 Å². The van der Waals surface area contributed by atoms with Crippen molar-refractivity contribution in [2.45, 2.75) is 52.8 Å². The van der Waals surface area contributed by atoms with Crippen molar-refractivity contribution in [2.75, 3.05) is 7.11 Å². The molecule has 1 aromatic carbocycles. The van der Waals surface area contributed by atoms with E-state index >= 15 is 0 Å². The van der Waals surface area contributed by atoms with E-state index in [1.165, 1.54) is 26.1 Å². The van der Waals surface area contributed by atoms with Crippen LogP contribution in [0.2, 0.25) is 0 Å². The second-order valence-corrected chi connectivity index (χ2v) is 7.02. The molecule has 0 bridgehead atoms. The number of hydrogen-bond donors (Lipinski definition) is 1. The number of rotatable bonds is 6. The van der Waals surface area contributed by atoms with Gasteiger partial charge >= 0.3 is 0 Å². The molecule has 0 saturated carbocycles. The fourth-order valence-corrected chi connectivity index (χ4v) is 3.46. The first-order valence-electron chi connectivity index (χ1n) is 7.29. The van der Waals surface area contributed by atoms with E-state index in [1.54, 1.807) is 7.11 Å². The number of ether oxygens (including phenoxy) is 1. The van der Waals surface area contributed by atoms with Crippen LogP contribution in [0, 0.1) is 0 Å². The summed E-state index contributed by atoms with van der Waals surface area (Å²) in [7, 11) is 1.77. The molecule has 0 spiro atoms. The van der Waals surface area contributed by atoms with Crippen LogP contribution in [0.25, 0.3) is 10.1 Å². The lowest BCUT2D eigenvalue weighted by Gasteiger charge is -2.09. The zero-order chi connectivity index (χ0) is 14.7. The van der Waals surface area contributed by atoms with Crippen LogP contribution in [0.4, 0.5) is 0 Å². The van der Waals surface area contributed by atoms with Gasteiger partial charge in [0.25, 0.3) is 0 Å². The molecule has 0 saturated heterocycles. The number of benzene rings is 1. The Balaban J connectivity index is 2.44. The van der Waals surface area contributed by atoms with E-state index in [9.17, 15) is 0 Å². The topological polar surface area (TPSA) is 21.3 Å². The second kappa shape index (κ2) is 6.70. The van der Waals surface area contributed by atoms with Crippen molar-refractivity contribution in [1.29, 1.82) is 0 Å². The Morgan fingerprint density at radius 3 is 2.55 bits per heavy atom. The molecule has 0 fully saturated rings. The minimum absolute atomic E-state index is 0.502. The SMILES string of the molecule is COCc1c(CNC(C)C)sc2ccc(C(C)C)cc12. The maximum absolute atomic E-state index is 5.42. The highest BCUT2D eigenvalue weighted by Gasteiger charge is 2.13. The maximum atomic E-state index is 5.42. The Morgan fingerprint density at radius 1 is 1.20 bits per heavy atom. The summed E-state index contributed by atoms with van der Waals surface area (Å²) < 4.78 is 6.78. The van der Waals surface area contributed by atoms with Crippen LogP contribution in [-0.2, 0) is 17.9 Å². The molecule has 3 heteroatoms. The summed E-state index contributed by atoms with van der Waals surface area (Å²) in [5.41, 5.74) is 2.75. The zero-order valence-electron chi connectivity index (χ0n) is 13.1. The van der Waals surface area contributed by atoms with E-state index in [0.29, 0.717) is 18.6 Å². The lowest BCUT2D eigenvalue weighted by molar-refractivity contribution is 0.185. The third kappa shape index (κ3) is 3.40. The van der Waals surface area contributed by atoms with Crippen molar-refractivity contribution in [2.24, 2.45) is 0 Å². The van der Waals surface area contributed by atoms with Gasteiger partial charge in [0.15, 0.2) is 0 Å². The molecule has 0 amide bonds. The van der Waals surface area contributed by atoms with Crippen LogP contribution in [-0.4, -0.2) is 13.2 Å². The number of fused-ring (bicyclic) bond motifs is 1. The fraction of sp³-hybridized carbons (Fsp3) is 0.529. The minimum atomic E-state index is 0.502. The molecule has 2 nitrogen and oxygen atoms in total. The first kappa shape index (κ1) is 15.5. The van der Waals surface area contributed by atoms with E-state index < -0.39 is 0 Å². The Hall–Kier alpha value is -0.900. The van der Waals surface area contributed by atoms with E-state index in [1.807, 2.05) is 11.3 Å². The van der Waals surface area contributed by atoms with Crippen LogP contribution in [0.5, 0.6) is 0 Å². The van der Waals surface area contributed by atoms with Crippen LogP contribution in [0.15, 0.2) is 18.2 Å². The highest BCUT2D eigenvalue weighted by Crippen LogP contribution is 2.34. The normalized spacial score (nSPS) is 11.9. The minimum Gasteiger partial charge on any atom is -0.380 e. The highest BCUT2D eigenvalue weighted by atomic mass is 32.1. The maximum Gasteiger partial charge on any atom is 0.0730 e. The van der Waals surface area contributed by atoms with Gasteiger partial charge in [0.1, 0.15) is 0 Å². The van der Waals surface area contributed by atoms with Crippen LogP contribution >= 0.6 is 11.3 Å². The van der Waals surface area contributed by atoms with Gasteiger partial charge in [-0.1, -0.05) is 33.8 Å². The molecule has 0 atom stereocenters. The average Bonchev–Trinajstić information content (AvgIpc) is 2.74. The Labute approximate surface area is 126 Å². The third-order valence-electron chi connectivity index (χ3n) is 3.52. The summed E-state index contributed by atoms with van der Waals surface area (Å²) in [5, 5.41) is 4.88. The molecule has 1 heterocycles. The van der Waals surface area contributed by atoms with Crippen LogP contribution in [0.1, 0.15) is 49.6 Å². The summed E-state index contributed by atoms with van der Waals surface area (Å²) >= 11 is 1.88. The molecule has 1 aromatic heterocycles. The molecular weight excluding hydrogens is 266 g/mol. The van der Waals surface area contributed by atoms with Gasteiger partial charge in [0, 0.05) is 34.8 Å². The van der Waals surface area contributed by atoms with Gasteiger partial charge < -0.3 is 10.1 Å². The largest absolute Gasteiger partial charge is 0.380 e. The number of methoxy groups -OCH3 is 1. The summed E-state index contributed by atoms with van der Waals surface area (Å²) in [4.78, 5) is 1.40. The molecule has 20 heavy (non-hydrogen) atoms. The fourth-order valence-electron chi connectivity index (χ4n) is 2.32. The van der Waals surface area contributed by atoms with E-state index in [4.69, 9.17) is 4.74 Å². The van der Waals surface area contributed by atoms with Gasteiger partial charge in [0.05, 0.1) is 6.61 Å². The van der Waals surface area contributed by atoms with Crippen molar-refractivity contribution in [3.8, 4) is 0 Å². The number of hydrogen-bond acceptors (Lipinski definition) is 3. The molecule has 2 rings (SSSR count). The Bertz CT molecular complexity index is 572. The van der Waals surface area contributed by atoms with Gasteiger partial charge in [-0.25, -0.2) is 0 Å². The van der Waals surface area contributed by atoms with Gasteiger partial charge in [-0.2, -0.15) is 0 Å². The van der Waals surface area contributed by atoms with Gasteiger partial charge in [-0.3, -0.25) is 0 Å². The smallest absolute Gasteiger partial charge is 0.0730 e. The van der Waals surface area contributed by atoms with E-state index in [2.05, 4.69) is 51.2 Å².